The summed E-state index contributed by atoms with van der Waals surface area (Å²) in [7, 11) is 3.35. The molecule has 3 aromatic rings. The summed E-state index contributed by atoms with van der Waals surface area (Å²) in [4.78, 5) is 0. The summed E-state index contributed by atoms with van der Waals surface area (Å²) >= 11 is 3.60. The van der Waals surface area contributed by atoms with Crippen LogP contribution in [0.1, 0.15) is 35.4 Å². The summed E-state index contributed by atoms with van der Waals surface area (Å²) in [5.41, 5.74) is 4.27. The van der Waals surface area contributed by atoms with Crippen molar-refractivity contribution >= 4 is 21.6 Å². The lowest BCUT2D eigenvalue weighted by Crippen LogP contribution is -2.33. The van der Waals surface area contributed by atoms with Crippen molar-refractivity contribution < 1.29 is 14.2 Å². The zero-order valence-electron chi connectivity index (χ0n) is 16.7. The van der Waals surface area contributed by atoms with E-state index in [9.17, 15) is 0 Å². The maximum atomic E-state index is 6.43. The monoisotopic (exact) mass is 464 g/mol. The molecule has 2 aliphatic heterocycles. The molecule has 2 atom stereocenters. The fourth-order valence-corrected chi connectivity index (χ4v) is 4.41. The molecule has 0 unspecified atom stereocenters. The zero-order chi connectivity index (χ0) is 20.7. The Morgan fingerprint density at radius 3 is 2.53 bits per heavy atom. The number of nitrogens with zero attached hydrogens (tertiary/aromatic N) is 2. The molecule has 2 heterocycles. The van der Waals surface area contributed by atoms with E-state index >= 15 is 0 Å². The first-order chi connectivity index (χ1) is 14.7. The number of hydrogen-bond acceptors (Lipinski definition) is 5. The van der Waals surface area contributed by atoms with Crippen LogP contribution in [0.5, 0.6) is 17.2 Å². The maximum absolute atomic E-state index is 6.43. The van der Waals surface area contributed by atoms with Gasteiger partial charge in [0.2, 0.25) is 6.23 Å². The molecule has 0 saturated heterocycles. The van der Waals surface area contributed by atoms with Gasteiger partial charge in [-0.2, -0.15) is 5.10 Å². The van der Waals surface area contributed by atoms with Gasteiger partial charge in [-0.25, -0.2) is 5.01 Å². The predicted octanol–water partition coefficient (Wildman–Crippen LogP) is 5.71. The summed E-state index contributed by atoms with van der Waals surface area (Å²) < 4.78 is 18.2. The van der Waals surface area contributed by atoms with Crippen molar-refractivity contribution in [2.75, 3.05) is 14.2 Å². The number of halogens is 1. The first-order valence-corrected chi connectivity index (χ1v) is 10.6. The summed E-state index contributed by atoms with van der Waals surface area (Å²) in [6, 6.07) is 22.3. The predicted molar refractivity (Wildman–Crippen MR) is 119 cm³/mol. The molecule has 0 bridgehead atoms. The smallest absolute Gasteiger partial charge is 0.214 e. The second kappa shape index (κ2) is 7.69. The van der Waals surface area contributed by atoms with E-state index < -0.39 is 0 Å². The zero-order valence-corrected chi connectivity index (χ0v) is 18.3. The van der Waals surface area contributed by atoms with Gasteiger partial charge in [-0.1, -0.05) is 28.1 Å². The van der Waals surface area contributed by atoms with Crippen LogP contribution in [0.25, 0.3) is 0 Å². The van der Waals surface area contributed by atoms with Crippen molar-refractivity contribution in [2.24, 2.45) is 5.10 Å². The van der Waals surface area contributed by atoms with E-state index in [-0.39, 0.29) is 12.3 Å². The average Bonchev–Trinajstić information content (AvgIpc) is 3.24. The van der Waals surface area contributed by atoms with Gasteiger partial charge < -0.3 is 14.2 Å². The Morgan fingerprint density at radius 1 is 0.967 bits per heavy atom. The second-order valence-corrected chi connectivity index (χ2v) is 8.22. The third-order valence-corrected chi connectivity index (χ3v) is 6.05. The van der Waals surface area contributed by atoms with Crippen LogP contribution < -0.4 is 14.2 Å². The van der Waals surface area contributed by atoms with Gasteiger partial charge >= 0.3 is 0 Å². The molecule has 3 aromatic carbocycles. The van der Waals surface area contributed by atoms with E-state index in [1.165, 1.54) is 0 Å². The molecule has 5 rings (SSSR count). The molecule has 2 aliphatic rings. The molecule has 0 fully saturated rings. The van der Waals surface area contributed by atoms with Crippen molar-refractivity contribution in [2.45, 2.75) is 18.7 Å². The third-order valence-electron chi connectivity index (χ3n) is 5.55. The van der Waals surface area contributed by atoms with E-state index in [2.05, 4.69) is 45.2 Å². The Morgan fingerprint density at radius 2 is 1.77 bits per heavy atom. The van der Waals surface area contributed by atoms with Crippen LogP contribution in [-0.2, 0) is 0 Å². The standard InChI is InChI=1S/C24H21BrN2O3/c1-28-18-9-6-15(7-10-18)21-14-22-20-13-17(25)8-11-23(20)30-24(27(22)26-21)16-4-3-5-19(12-16)29-2/h3-13,22,24H,14H2,1-2H3/t22-,24+/m1/s1. The highest BCUT2D eigenvalue weighted by molar-refractivity contribution is 9.10. The SMILES string of the molecule is COc1ccc(C2=NN3[C@H](C2)c2cc(Br)ccc2O[C@H]3c2cccc(OC)c2)cc1. The van der Waals surface area contributed by atoms with Crippen LogP contribution >= 0.6 is 15.9 Å². The molecule has 0 amide bonds. The Labute approximate surface area is 184 Å². The van der Waals surface area contributed by atoms with Crippen LogP contribution in [0.15, 0.2) is 76.3 Å². The van der Waals surface area contributed by atoms with Crippen molar-refractivity contribution in [1.82, 2.24) is 5.01 Å². The largest absolute Gasteiger partial charge is 0.497 e. The van der Waals surface area contributed by atoms with Gasteiger partial charge in [-0.05, 0) is 60.2 Å². The van der Waals surface area contributed by atoms with Crippen LogP contribution in [-0.4, -0.2) is 24.9 Å². The maximum Gasteiger partial charge on any atom is 0.214 e. The molecule has 0 radical (unpaired) electrons. The number of rotatable bonds is 4. The molecule has 0 saturated carbocycles. The lowest BCUT2D eigenvalue weighted by molar-refractivity contribution is -0.0191. The Kier molecular flexibility index (Phi) is 4.87. The van der Waals surface area contributed by atoms with Crippen LogP contribution in [0.2, 0.25) is 0 Å². The molecule has 0 aliphatic carbocycles. The highest BCUT2D eigenvalue weighted by Gasteiger charge is 2.41. The van der Waals surface area contributed by atoms with Gasteiger partial charge in [0, 0.05) is 22.0 Å². The van der Waals surface area contributed by atoms with Gasteiger partial charge in [0.25, 0.3) is 0 Å². The summed E-state index contributed by atoms with van der Waals surface area (Å²) in [5, 5.41) is 7.08. The normalized spacial score (nSPS) is 19.4. The number of hydrogen-bond donors (Lipinski definition) is 0. The van der Waals surface area contributed by atoms with Crippen LogP contribution in [0.3, 0.4) is 0 Å². The van der Waals surface area contributed by atoms with Gasteiger partial charge in [-0.15, -0.1) is 0 Å². The number of benzene rings is 3. The fraction of sp³-hybridized carbons (Fsp3) is 0.208. The first-order valence-electron chi connectivity index (χ1n) is 9.76. The molecule has 0 aromatic heterocycles. The molecular formula is C24H21BrN2O3. The number of ether oxygens (including phenoxy) is 3. The lowest BCUT2D eigenvalue weighted by atomic mass is 9.96. The highest BCUT2D eigenvalue weighted by atomic mass is 79.9. The summed E-state index contributed by atoms with van der Waals surface area (Å²) in [6.07, 6.45) is 0.481. The van der Waals surface area contributed by atoms with Crippen molar-refractivity contribution in [3.05, 3.63) is 87.9 Å². The van der Waals surface area contributed by atoms with Crippen molar-refractivity contribution in [1.29, 1.82) is 0 Å². The molecule has 152 valence electrons. The van der Waals surface area contributed by atoms with E-state index in [0.717, 1.165) is 50.5 Å². The highest BCUT2D eigenvalue weighted by Crippen LogP contribution is 2.48. The molecule has 0 N–H and O–H groups in total. The van der Waals surface area contributed by atoms with Crippen LogP contribution in [0, 0.1) is 0 Å². The minimum Gasteiger partial charge on any atom is -0.497 e. The van der Waals surface area contributed by atoms with Gasteiger partial charge in [-0.3, -0.25) is 0 Å². The van der Waals surface area contributed by atoms with E-state index in [0.29, 0.717) is 0 Å². The van der Waals surface area contributed by atoms with Crippen molar-refractivity contribution in [3.8, 4) is 17.2 Å². The minimum atomic E-state index is -0.325. The number of methoxy groups -OCH3 is 2. The Balaban J connectivity index is 1.58. The number of hydrazone groups is 1. The summed E-state index contributed by atoms with van der Waals surface area (Å²) in [6.45, 7) is 0. The topological polar surface area (TPSA) is 43.3 Å². The van der Waals surface area contributed by atoms with E-state index in [1.807, 2.05) is 42.5 Å². The molecule has 6 heteroatoms. The molecular weight excluding hydrogens is 444 g/mol. The van der Waals surface area contributed by atoms with E-state index in [4.69, 9.17) is 19.3 Å². The second-order valence-electron chi connectivity index (χ2n) is 7.30. The molecule has 5 nitrogen and oxygen atoms in total. The Hall–Kier alpha value is -2.99. The summed E-state index contributed by atoms with van der Waals surface area (Å²) in [5.74, 6) is 2.52. The average molecular weight is 465 g/mol. The number of fused-ring (bicyclic) bond motifs is 3. The van der Waals surface area contributed by atoms with E-state index in [1.54, 1.807) is 14.2 Å². The van der Waals surface area contributed by atoms with Crippen molar-refractivity contribution in [3.63, 3.8) is 0 Å². The fourth-order valence-electron chi connectivity index (χ4n) is 4.03. The molecule has 30 heavy (non-hydrogen) atoms. The first kappa shape index (κ1) is 19.0. The minimum absolute atomic E-state index is 0.0968. The lowest BCUT2D eigenvalue weighted by Gasteiger charge is -2.38. The van der Waals surface area contributed by atoms with Gasteiger partial charge in [0.15, 0.2) is 0 Å². The van der Waals surface area contributed by atoms with Gasteiger partial charge in [0.1, 0.15) is 17.2 Å². The van der Waals surface area contributed by atoms with Gasteiger partial charge in [0.05, 0.1) is 26.0 Å². The molecule has 0 spiro atoms. The third kappa shape index (κ3) is 3.31. The quantitative estimate of drug-likeness (QED) is 0.495. The Bertz CT molecular complexity index is 1110. The van der Waals surface area contributed by atoms with Crippen LogP contribution in [0.4, 0.5) is 0 Å².